The molecule has 110 valence electrons. The van der Waals surface area contributed by atoms with Gasteiger partial charge in [-0.25, -0.2) is 0 Å². The fourth-order valence-electron chi connectivity index (χ4n) is 3.39. The Balaban J connectivity index is 1.97. The second kappa shape index (κ2) is 5.36. The van der Waals surface area contributed by atoms with Gasteiger partial charge in [0.05, 0.1) is 0 Å². The topological polar surface area (TPSA) is 18.5 Å². The van der Waals surface area contributed by atoms with Crippen LogP contribution in [0.5, 0.6) is 0 Å². The lowest BCUT2D eigenvalue weighted by Gasteiger charge is -2.15. The van der Waals surface area contributed by atoms with Crippen LogP contribution in [-0.2, 0) is 9.47 Å². The minimum atomic E-state index is -0.626. The Bertz CT molecular complexity index is 880. The molecular weight excluding hydrogens is 288 g/mol. The summed E-state index contributed by atoms with van der Waals surface area (Å²) in [6.07, 6.45) is 0. The van der Waals surface area contributed by atoms with Gasteiger partial charge in [0.1, 0.15) is 15.4 Å². The first-order valence-corrected chi connectivity index (χ1v) is 9.04. The van der Waals surface area contributed by atoms with Crippen molar-refractivity contribution in [1.82, 2.24) is 0 Å². The third kappa shape index (κ3) is 2.10. The van der Waals surface area contributed by atoms with E-state index in [-0.39, 0.29) is 5.91 Å². The SMILES string of the molecule is COC(OC)[SiH2]c1cc2ccc3cccc4ccc(c1)c2c34. The summed E-state index contributed by atoms with van der Waals surface area (Å²) in [5.41, 5.74) is 0. The van der Waals surface area contributed by atoms with Crippen LogP contribution in [0, 0.1) is 0 Å². The van der Waals surface area contributed by atoms with Crippen LogP contribution in [0.2, 0.25) is 0 Å². The number of ether oxygens (including phenoxy) is 2. The molecule has 0 atom stereocenters. The number of methoxy groups -OCH3 is 2. The molecule has 2 nitrogen and oxygen atoms in total. The van der Waals surface area contributed by atoms with E-state index in [0.717, 1.165) is 0 Å². The molecule has 0 saturated carbocycles. The summed E-state index contributed by atoms with van der Waals surface area (Å²) in [6.45, 7) is 0. The number of rotatable bonds is 4. The molecule has 0 fully saturated rings. The Morgan fingerprint density at radius 2 is 1.23 bits per heavy atom. The molecule has 0 radical (unpaired) electrons. The highest BCUT2D eigenvalue weighted by atomic mass is 28.2. The van der Waals surface area contributed by atoms with Crippen molar-refractivity contribution in [2.24, 2.45) is 0 Å². The van der Waals surface area contributed by atoms with Crippen LogP contribution in [0.3, 0.4) is 0 Å². The van der Waals surface area contributed by atoms with Crippen LogP contribution in [0.25, 0.3) is 32.3 Å². The van der Waals surface area contributed by atoms with E-state index < -0.39 is 9.52 Å². The molecule has 0 heterocycles. The van der Waals surface area contributed by atoms with Crippen molar-refractivity contribution in [1.29, 1.82) is 0 Å². The van der Waals surface area contributed by atoms with Crippen molar-refractivity contribution in [3.8, 4) is 0 Å². The third-order valence-electron chi connectivity index (χ3n) is 4.45. The second-order valence-corrected chi connectivity index (χ2v) is 7.62. The van der Waals surface area contributed by atoms with Crippen LogP contribution in [-0.4, -0.2) is 29.7 Å². The van der Waals surface area contributed by atoms with Crippen LogP contribution >= 0.6 is 0 Å². The molecular formula is C19H18O2Si. The van der Waals surface area contributed by atoms with Gasteiger partial charge in [0.15, 0.2) is 0 Å². The van der Waals surface area contributed by atoms with Gasteiger partial charge in [-0.3, -0.25) is 0 Å². The van der Waals surface area contributed by atoms with Gasteiger partial charge in [-0.2, -0.15) is 0 Å². The molecule has 3 heteroatoms. The van der Waals surface area contributed by atoms with Crippen molar-refractivity contribution in [3.05, 3.63) is 54.6 Å². The van der Waals surface area contributed by atoms with Gasteiger partial charge < -0.3 is 9.47 Å². The molecule has 0 aliphatic heterocycles. The molecule has 22 heavy (non-hydrogen) atoms. The molecule has 0 unspecified atom stereocenters. The van der Waals surface area contributed by atoms with Gasteiger partial charge >= 0.3 is 0 Å². The highest BCUT2D eigenvalue weighted by Crippen LogP contribution is 2.33. The zero-order chi connectivity index (χ0) is 15.1. The molecule has 0 spiro atoms. The van der Waals surface area contributed by atoms with E-state index in [0.29, 0.717) is 0 Å². The molecule has 0 bridgehead atoms. The average Bonchev–Trinajstić information content (AvgIpc) is 2.57. The highest BCUT2D eigenvalue weighted by Gasteiger charge is 2.12. The van der Waals surface area contributed by atoms with Crippen molar-refractivity contribution < 1.29 is 9.47 Å². The fourth-order valence-corrected chi connectivity index (χ4v) is 4.79. The Labute approximate surface area is 131 Å². The van der Waals surface area contributed by atoms with Gasteiger partial charge in [-0.05, 0) is 32.3 Å². The summed E-state index contributed by atoms with van der Waals surface area (Å²) in [7, 11) is 2.80. The van der Waals surface area contributed by atoms with E-state index in [1.165, 1.54) is 37.5 Å². The largest absolute Gasteiger partial charge is 0.360 e. The van der Waals surface area contributed by atoms with Crippen LogP contribution in [0.15, 0.2) is 54.6 Å². The summed E-state index contributed by atoms with van der Waals surface area (Å²) in [6, 6.07) is 20.0. The maximum absolute atomic E-state index is 5.39. The van der Waals surface area contributed by atoms with Gasteiger partial charge in [0.2, 0.25) is 0 Å². The quantitative estimate of drug-likeness (QED) is 0.328. The zero-order valence-corrected chi connectivity index (χ0v) is 14.2. The minimum Gasteiger partial charge on any atom is -0.360 e. The lowest BCUT2D eigenvalue weighted by Crippen LogP contribution is -2.31. The van der Waals surface area contributed by atoms with Crippen molar-refractivity contribution >= 4 is 47.0 Å². The van der Waals surface area contributed by atoms with E-state index in [2.05, 4.69) is 54.6 Å². The molecule has 0 aliphatic rings. The van der Waals surface area contributed by atoms with E-state index in [4.69, 9.17) is 9.47 Å². The summed E-state index contributed by atoms with van der Waals surface area (Å²) in [5.74, 6) is -0.0618. The summed E-state index contributed by atoms with van der Waals surface area (Å²) < 4.78 is 10.8. The molecule has 0 aliphatic carbocycles. The predicted molar refractivity (Wildman–Crippen MR) is 96.1 cm³/mol. The number of benzene rings is 4. The van der Waals surface area contributed by atoms with E-state index in [1.54, 1.807) is 14.2 Å². The Morgan fingerprint density at radius 3 is 1.77 bits per heavy atom. The van der Waals surface area contributed by atoms with Crippen molar-refractivity contribution in [2.75, 3.05) is 14.2 Å². The van der Waals surface area contributed by atoms with Crippen molar-refractivity contribution in [2.45, 2.75) is 5.91 Å². The van der Waals surface area contributed by atoms with Crippen molar-refractivity contribution in [3.63, 3.8) is 0 Å². The number of hydrogen-bond donors (Lipinski definition) is 0. The molecule has 0 N–H and O–H groups in total. The van der Waals surface area contributed by atoms with Crippen LogP contribution < -0.4 is 5.19 Å². The lowest BCUT2D eigenvalue weighted by molar-refractivity contribution is -0.0429. The highest BCUT2D eigenvalue weighted by molar-refractivity contribution is 6.55. The van der Waals surface area contributed by atoms with E-state index in [9.17, 15) is 0 Å². The van der Waals surface area contributed by atoms with E-state index in [1.807, 2.05) is 0 Å². The molecule has 0 aromatic heterocycles. The molecule has 4 aromatic carbocycles. The summed E-state index contributed by atoms with van der Waals surface area (Å²) in [5, 5.41) is 9.38. The molecule has 0 saturated heterocycles. The standard InChI is InChI=1S/C19H18O2Si/c1-20-19(21-2)22-16-10-14-8-6-12-4-3-5-13-7-9-15(11-16)18(14)17(12)13/h3-11,19H,22H2,1-2H3. The predicted octanol–water partition coefficient (Wildman–Crippen LogP) is 2.95. The van der Waals surface area contributed by atoms with Crippen LogP contribution in [0.4, 0.5) is 0 Å². The first-order valence-electron chi connectivity index (χ1n) is 7.52. The normalized spacial score (nSPS) is 12.7. The summed E-state index contributed by atoms with van der Waals surface area (Å²) >= 11 is 0. The van der Waals surface area contributed by atoms with E-state index >= 15 is 0 Å². The third-order valence-corrected chi connectivity index (χ3v) is 6.33. The lowest BCUT2D eigenvalue weighted by atomic mass is 9.94. The first kappa shape index (κ1) is 13.7. The zero-order valence-electron chi connectivity index (χ0n) is 12.8. The smallest absolute Gasteiger partial charge is 0.139 e. The van der Waals surface area contributed by atoms with Crippen LogP contribution in [0.1, 0.15) is 0 Å². The Kier molecular flexibility index (Phi) is 3.34. The van der Waals surface area contributed by atoms with Gasteiger partial charge in [0.25, 0.3) is 0 Å². The first-order chi connectivity index (χ1) is 10.8. The maximum atomic E-state index is 5.39. The van der Waals surface area contributed by atoms with Gasteiger partial charge in [0, 0.05) is 14.2 Å². The Hall–Kier alpha value is -1.94. The average molecular weight is 306 g/mol. The molecule has 4 aromatic rings. The fraction of sp³-hybridized carbons (Fsp3) is 0.158. The number of hydrogen-bond acceptors (Lipinski definition) is 2. The monoisotopic (exact) mass is 306 g/mol. The van der Waals surface area contributed by atoms with Gasteiger partial charge in [-0.15, -0.1) is 0 Å². The Morgan fingerprint density at radius 1 is 0.727 bits per heavy atom. The minimum absolute atomic E-state index is 0.0618. The van der Waals surface area contributed by atoms with Gasteiger partial charge in [-0.1, -0.05) is 59.8 Å². The maximum Gasteiger partial charge on any atom is 0.139 e. The second-order valence-electron chi connectivity index (χ2n) is 5.73. The molecule has 0 amide bonds. The molecule has 4 rings (SSSR count). The summed E-state index contributed by atoms with van der Waals surface area (Å²) in [4.78, 5) is 0.